The van der Waals surface area contributed by atoms with Crippen molar-refractivity contribution in [2.45, 2.75) is 44.7 Å². The summed E-state index contributed by atoms with van der Waals surface area (Å²) in [6.45, 7) is 2.45. The molecule has 0 radical (unpaired) electrons. The van der Waals surface area contributed by atoms with Crippen LogP contribution in [0.1, 0.15) is 33.1 Å². The molecule has 44 heavy (non-hydrogen) atoms. The van der Waals surface area contributed by atoms with Gasteiger partial charge in [-0.1, -0.05) is 6.92 Å². The Morgan fingerprint density at radius 1 is 0.909 bits per heavy atom. The van der Waals surface area contributed by atoms with Crippen molar-refractivity contribution in [3.8, 4) is 0 Å². The number of anilines is 2. The quantitative estimate of drug-likeness (QED) is 0.187. The fourth-order valence-electron chi connectivity index (χ4n) is 4.51. The van der Waals surface area contributed by atoms with Gasteiger partial charge in [-0.25, -0.2) is 0 Å². The summed E-state index contributed by atoms with van der Waals surface area (Å²) in [5.74, 6) is -2.40. The van der Waals surface area contributed by atoms with Crippen molar-refractivity contribution >= 4 is 52.1 Å². The summed E-state index contributed by atoms with van der Waals surface area (Å²) < 4.78 is 0. The molecule has 0 spiro atoms. The number of carbonyl (C=O) groups excluding carboxylic acids is 4. The lowest BCUT2D eigenvalue weighted by molar-refractivity contribution is -0.393. The average molecular weight is 615 g/mol. The number of benzene rings is 2. The third kappa shape index (κ3) is 7.99. The standard InChI is InChI=1S/C26H30N8O10/c1-3-26(2,30-23(36)15-27-19-11-10-18(33(41)42)13-21(19)34(43)44)25(38)31-12-4-5-20(31)24(37)28-14-22(35)29-16-6-8-17(9-7-16)32(39)40/h6-11,13,20,27H,3-5,12,14-15H2,1-2H3,(H,28,37)(H,29,35)(H,30,36)/t20-,26-/m0/s1. The lowest BCUT2D eigenvalue weighted by Gasteiger charge is -2.35. The summed E-state index contributed by atoms with van der Waals surface area (Å²) in [5.41, 5.74) is -2.54. The first-order valence-electron chi connectivity index (χ1n) is 13.4. The molecule has 0 saturated carbocycles. The number of nitro groups is 3. The predicted octanol–water partition coefficient (Wildman–Crippen LogP) is 1.85. The van der Waals surface area contributed by atoms with E-state index >= 15 is 0 Å². The second-order valence-corrected chi connectivity index (χ2v) is 10.0. The number of nitrogens with one attached hydrogen (secondary N) is 4. The van der Waals surface area contributed by atoms with E-state index in [2.05, 4.69) is 21.3 Å². The molecule has 3 rings (SSSR count). The van der Waals surface area contributed by atoms with E-state index in [1.165, 1.54) is 36.1 Å². The van der Waals surface area contributed by atoms with Gasteiger partial charge in [-0.05, 0) is 44.4 Å². The summed E-state index contributed by atoms with van der Waals surface area (Å²) in [4.78, 5) is 83.8. The SMILES string of the molecule is CC[C@](C)(NC(=O)CNc1ccc([N+](=O)[O-])cc1[N+](=O)[O-])C(=O)N1CCC[C@H]1C(=O)NCC(=O)Nc1ccc([N+](=O)[O-])cc1. The van der Waals surface area contributed by atoms with Crippen molar-refractivity contribution in [2.75, 3.05) is 30.3 Å². The van der Waals surface area contributed by atoms with Crippen LogP contribution in [0.4, 0.5) is 28.4 Å². The molecule has 1 aliphatic heterocycles. The van der Waals surface area contributed by atoms with Crippen LogP contribution in [0.15, 0.2) is 42.5 Å². The highest BCUT2D eigenvalue weighted by Crippen LogP contribution is 2.29. The molecule has 4 N–H and O–H groups in total. The minimum Gasteiger partial charge on any atom is -0.371 e. The second kappa shape index (κ2) is 14.0. The van der Waals surface area contributed by atoms with Crippen LogP contribution in [-0.4, -0.2) is 74.5 Å². The van der Waals surface area contributed by atoms with Gasteiger partial charge in [0.05, 0.1) is 33.9 Å². The van der Waals surface area contributed by atoms with Crippen LogP contribution < -0.4 is 21.3 Å². The van der Waals surface area contributed by atoms with E-state index in [1.807, 2.05) is 0 Å². The van der Waals surface area contributed by atoms with Crippen LogP contribution >= 0.6 is 0 Å². The molecule has 4 amide bonds. The van der Waals surface area contributed by atoms with Gasteiger partial charge in [0.15, 0.2) is 0 Å². The number of nitrogens with zero attached hydrogens (tertiary/aromatic N) is 4. The molecular weight excluding hydrogens is 584 g/mol. The monoisotopic (exact) mass is 614 g/mol. The molecular formula is C26H30N8O10. The summed E-state index contributed by atoms with van der Waals surface area (Å²) in [6.07, 6.45) is 0.955. The van der Waals surface area contributed by atoms with Gasteiger partial charge in [0.25, 0.3) is 17.1 Å². The Morgan fingerprint density at radius 3 is 2.14 bits per heavy atom. The molecule has 2 aromatic rings. The van der Waals surface area contributed by atoms with Gasteiger partial charge in [-0.2, -0.15) is 0 Å². The molecule has 18 nitrogen and oxygen atoms in total. The molecule has 1 aliphatic rings. The van der Waals surface area contributed by atoms with E-state index in [1.54, 1.807) is 6.92 Å². The fourth-order valence-corrected chi connectivity index (χ4v) is 4.51. The fraction of sp³-hybridized carbons (Fsp3) is 0.385. The molecule has 0 aliphatic carbocycles. The number of carbonyl (C=O) groups is 4. The number of hydrogen-bond acceptors (Lipinski definition) is 11. The largest absolute Gasteiger partial charge is 0.371 e. The first-order valence-corrected chi connectivity index (χ1v) is 13.4. The van der Waals surface area contributed by atoms with E-state index in [9.17, 15) is 49.5 Å². The molecule has 1 heterocycles. The minimum absolute atomic E-state index is 0.130. The van der Waals surface area contributed by atoms with Crippen molar-refractivity contribution in [2.24, 2.45) is 0 Å². The molecule has 1 saturated heterocycles. The number of amides is 4. The van der Waals surface area contributed by atoms with Gasteiger partial charge in [-0.3, -0.25) is 49.5 Å². The Bertz CT molecular complexity index is 1480. The van der Waals surface area contributed by atoms with E-state index < -0.39 is 74.4 Å². The van der Waals surface area contributed by atoms with Crippen LogP contribution in [-0.2, 0) is 19.2 Å². The maximum Gasteiger partial charge on any atom is 0.299 e. The number of nitro benzene ring substituents is 3. The zero-order valence-corrected chi connectivity index (χ0v) is 23.7. The molecule has 234 valence electrons. The maximum absolute atomic E-state index is 13.6. The molecule has 0 bridgehead atoms. The Balaban J connectivity index is 1.58. The van der Waals surface area contributed by atoms with Gasteiger partial charge in [0, 0.05) is 30.4 Å². The lowest BCUT2D eigenvalue weighted by atomic mass is 9.96. The first-order chi connectivity index (χ1) is 20.7. The van der Waals surface area contributed by atoms with Gasteiger partial charge in [0.2, 0.25) is 23.6 Å². The summed E-state index contributed by atoms with van der Waals surface area (Å²) in [5, 5.41) is 43.2. The van der Waals surface area contributed by atoms with Crippen LogP contribution in [0.3, 0.4) is 0 Å². The van der Waals surface area contributed by atoms with Crippen molar-refractivity contribution < 1.29 is 33.9 Å². The highest BCUT2D eigenvalue weighted by Gasteiger charge is 2.43. The van der Waals surface area contributed by atoms with Gasteiger partial charge >= 0.3 is 0 Å². The van der Waals surface area contributed by atoms with Crippen molar-refractivity contribution in [1.82, 2.24) is 15.5 Å². The normalized spacial score (nSPS) is 15.4. The summed E-state index contributed by atoms with van der Waals surface area (Å²) in [6, 6.07) is 7.13. The van der Waals surface area contributed by atoms with Gasteiger partial charge in [-0.15, -0.1) is 0 Å². The van der Waals surface area contributed by atoms with Gasteiger partial charge < -0.3 is 26.2 Å². The molecule has 0 aromatic heterocycles. The number of rotatable bonds is 13. The van der Waals surface area contributed by atoms with E-state index in [-0.39, 0.29) is 24.3 Å². The Kier molecular flexibility index (Phi) is 10.4. The van der Waals surface area contributed by atoms with Crippen molar-refractivity contribution in [3.63, 3.8) is 0 Å². The topological polar surface area (TPSA) is 249 Å². The highest BCUT2D eigenvalue weighted by molar-refractivity contribution is 5.98. The van der Waals surface area contributed by atoms with E-state index in [0.717, 1.165) is 18.2 Å². The molecule has 2 aromatic carbocycles. The third-order valence-electron chi connectivity index (χ3n) is 7.02. The Morgan fingerprint density at radius 2 is 1.55 bits per heavy atom. The maximum atomic E-state index is 13.6. The minimum atomic E-state index is -1.45. The summed E-state index contributed by atoms with van der Waals surface area (Å²) >= 11 is 0. The van der Waals surface area contributed by atoms with Gasteiger partial charge in [0.1, 0.15) is 17.3 Å². The highest BCUT2D eigenvalue weighted by atomic mass is 16.6. The molecule has 2 atom stereocenters. The van der Waals surface area contributed by atoms with Crippen molar-refractivity contribution in [1.29, 1.82) is 0 Å². The Labute approximate surface area is 249 Å². The number of hydrogen-bond donors (Lipinski definition) is 4. The van der Waals surface area contributed by atoms with Crippen LogP contribution in [0, 0.1) is 30.3 Å². The summed E-state index contributed by atoms with van der Waals surface area (Å²) in [7, 11) is 0. The lowest BCUT2D eigenvalue weighted by Crippen LogP contribution is -2.60. The molecule has 18 heteroatoms. The van der Waals surface area contributed by atoms with E-state index in [0.29, 0.717) is 18.5 Å². The van der Waals surface area contributed by atoms with Crippen molar-refractivity contribution in [3.05, 3.63) is 72.8 Å². The Hall–Kier alpha value is -5.68. The van der Waals surface area contributed by atoms with Crippen LogP contribution in [0.5, 0.6) is 0 Å². The number of likely N-dealkylation sites (tertiary alicyclic amines) is 1. The predicted molar refractivity (Wildman–Crippen MR) is 155 cm³/mol. The van der Waals surface area contributed by atoms with E-state index in [4.69, 9.17) is 0 Å². The smallest absolute Gasteiger partial charge is 0.299 e. The average Bonchev–Trinajstić information content (AvgIpc) is 3.48. The van der Waals surface area contributed by atoms with Crippen LogP contribution in [0.25, 0.3) is 0 Å². The second-order valence-electron chi connectivity index (χ2n) is 10.0. The third-order valence-corrected chi connectivity index (χ3v) is 7.02. The first kappa shape index (κ1) is 32.8. The number of non-ortho nitro benzene ring substituents is 2. The zero-order chi connectivity index (χ0) is 32.6. The zero-order valence-electron chi connectivity index (χ0n) is 23.7. The van der Waals surface area contributed by atoms with Crippen LogP contribution in [0.2, 0.25) is 0 Å². The molecule has 1 fully saturated rings. The molecule has 0 unspecified atom stereocenters.